The molecule has 0 fully saturated rings. The zero-order chi connectivity index (χ0) is 19.3. The van der Waals surface area contributed by atoms with Gasteiger partial charge >= 0.3 is 6.18 Å². The summed E-state index contributed by atoms with van der Waals surface area (Å²) in [6.45, 7) is -0.271. The normalized spacial score (nSPS) is 11.6. The lowest BCUT2D eigenvalue weighted by atomic mass is 10.2. The van der Waals surface area contributed by atoms with E-state index in [9.17, 15) is 23.1 Å². The number of halogens is 5. The molecule has 0 aliphatic carbocycles. The van der Waals surface area contributed by atoms with Gasteiger partial charge in [-0.2, -0.15) is 18.3 Å². The monoisotopic (exact) mass is 493 g/mol. The minimum Gasteiger partial charge on any atom is -0.506 e. The van der Waals surface area contributed by atoms with Crippen LogP contribution in [0.3, 0.4) is 0 Å². The maximum Gasteiger partial charge on any atom is 0.416 e. The number of carbonyl (C=O) groups is 1. The number of phenols is 1. The lowest BCUT2D eigenvalue weighted by Crippen LogP contribution is -2.26. The maximum absolute atomic E-state index is 12.6. The number of hydrogen-bond acceptors (Lipinski definition) is 4. The van der Waals surface area contributed by atoms with Crippen LogP contribution in [-0.2, 0) is 11.0 Å². The summed E-state index contributed by atoms with van der Waals surface area (Å²) in [7, 11) is 0. The molecule has 2 rings (SSSR count). The molecule has 0 heterocycles. The highest BCUT2D eigenvalue weighted by molar-refractivity contribution is 9.11. The second kappa shape index (κ2) is 8.54. The summed E-state index contributed by atoms with van der Waals surface area (Å²) in [5.41, 5.74) is 1.93. The summed E-state index contributed by atoms with van der Waals surface area (Å²) >= 11 is 6.43. The van der Waals surface area contributed by atoms with E-state index < -0.39 is 17.6 Å². The van der Waals surface area contributed by atoms with Gasteiger partial charge in [0.25, 0.3) is 5.91 Å². The molecule has 0 saturated heterocycles. The van der Waals surface area contributed by atoms with Crippen molar-refractivity contribution in [1.29, 1.82) is 0 Å². The molecule has 3 N–H and O–H groups in total. The Bertz CT molecular complexity index is 842. The summed E-state index contributed by atoms with van der Waals surface area (Å²) in [4.78, 5) is 11.7. The van der Waals surface area contributed by atoms with Crippen molar-refractivity contribution in [1.82, 2.24) is 5.43 Å². The molecular formula is C16H12Br2F3N3O2. The topological polar surface area (TPSA) is 73.7 Å². The summed E-state index contributed by atoms with van der Waals surface area (Å²) < 4.78 is 39.0. The molecule has 2 aromatic rings. The van der Waals surface area contributed by atoms with Gasteiger partial charge < -0.3 is 10.4 Å². The third-order valence-corrected chi connectivity index (χ3v) is 4.16. The molecule has 0 radical (unpaired) electrons. The van der Waals surface area contributed by atoms with E-state index in [1.807, 2.05) is 0 Å². The van der Waals surface area contributed by atoms with Gasteiger partial charge in [-0.1, -0.05) is 22.0 Å². The van der Waals surface area contributed by atoms with Gasteiger partial charge in [0.15, 0.2) is 0 Å². The summed E-state index contributed by atoms with van der Waals surface area (Å²) in [6, 6.07) is 7.75. The predicted octanol–water partition coefficient (Wildman–Crippen LogP) is 4.50. The lowest BCUT2D eigenvalue weighted by Gasteiger charge is -2.10. The van der Waals surface area contributed by atoms with E-state index in [4.69, 9.17) is 0 Å². The minimum atomic E-state index is -4.45. The van der Waals surface area contributed by atoms with Gasteiger partial charge in [0.2, 0.25) is 0 Å². The zero-order valence-electron chi connectivity index (χ0n) is 12.9. The average molecular weight is 495 g/mol. The predicted molar refractivity (Wildman–Crippen MR) is 99.2 cm³/mol. The third kappa shape index (κ3) is 5.73. The number of aromatic hydroxyl groups is 1. The number of phenolic OH excluding ortho intramolecular Hbond substituents is 1. The van der Waals surface area contributed by atoms with Crippen LogP contribution in [0.5, 0.6) is 5.75 Å². The fourth-order valence-corrected chi connectivity index (χ4v) is 3.14. The second-order valence-electron chi connectivity index (χ2n) is 5.05. The first-order valence-electron chi connectivity index (χ1n) is 7.08. The van der Waals surface area contributed by atoms with Gasteiger partial charge in [-0.05, 0) is 46.3 Å². The van der Waals surface area contributed by atoms with Crippen LogP contribution in [0.1, 0.15) is 11.1 Å². The standard InChI is InChI=1S/C16H12Br2F3N3O2/c17-11-4-9(15(26)13(18)6-11)7-23-24-14(25)8-22-12-3-1-2-10(5-12)16(19,20)21/h1-7,22,26H,8H2,(H,24,25). The largest absolute Gasteiger partial charge is 0.506 e. The Hall–Kier alpha value is -2.07. The molecule has 0 atom stereocenters. The number of hydrazone groups is 1. The van der Waals surface area contributed by atoms with E-state index in [0.29, 0.717) is 14.5 Å². The van der Waals surface area contributed by atoms with E-state index in [2.05, 4.69) is 47.7 Å². The van der Waals surface area contributed by atoms with E-state index in [-0.39, 0.29) is 18.0 Å². The molecule has 0 unspecified atom stereocenters. The molecule has 5 nitrogen and oxygen atoms in total. The summed E-state index contributed by atoms with van der Waals surface area (Å²) in [6.07, 6.45) is -3.21. The first-order chi connectivity index (χ1) is 12.2. The van der Waals surface area contributed by atoms with Crippen molar-refractivity contribution >= 4 is 49.7 Å². The Labute approximate surface area is 163 Å². The van der Waals surface area contributed by atoms with Gasteiger partial charge in [0.05, 0.1) is 22.8 Å². The molecule has 26 heavy (non-hydrogen) atoms. The Balaban J connectivity index is 1.92. The van der Waals surface area contributed by atoms with Crippen molar-refractivity contribution < 1.29 is 23.1 Å². The highest BCUT2D eigenvalue weighted by Crippen LogP contribution is 2.31. The van der Waals surface area contributed by atoms with Crippen molar-refractivity contribution in [2.45, 2.75) is 6.18 Å². The maximum atomic E-state index is 12.6. The van der Waals surface area contributed by atoms with Crippen LogP contribution < -0.4 is 10.7 Å². The number of carbonyl (C=O) groups excluding carboxylic acids is 1. The molecule has 138 valence electrons. The number of hydrogen-bond donors (Lipinski definition) is 3. The first kappa shape index (κ1) is 20.2. The fourth-order valence-electron chi connectivity index (χ4n) is 1.89. The Morgan fingerprint density at radius 1 is 1.23 bits per heavy atom. The quantitative estimate of drug-likeness (QED) is 0.423. The molecule has 0 spiro atoms. The van der Waals surface area contributed by atoms with Gasteiger partial charge in [-0.15, -0.1) is 0 Å². The molecule has 1 amide bonds. The minimum absolute atomic E-state index is 0.0479. The summed E-state index contributed by atoms with van der Waals surface area (Å²) in [5, 5.41) is 16.1. The van der Waals surface area contributed by atoms with Crippen LogP contribution in [0, 0.1) is 0 Å². The van der Waals surface area contributed by atoms with Crippen molar-refractivity contribution in [3.63, 3.8) is 0 Å². The number of anilines is 1. The van der Waals surface area contributed by atoms with Crippen LogP contribution in [0.25, 0.3) is 0 Å². The van der Waals surface area contributed by atoms with Gasteiger partial charge in [-0.3, -0.25) is 4.79 Å². The van der Waals surface area contributed by atoms with Crippen LogP contribution >= 0.6 is 31.9 Å². The molecule has 10 heteroatoms. The average Bonchev–Trinajstić information content (AvgIpc) is 2.56. The van der Waals surface area contributed by atoms with Gasteiger partial charge in [0.1, 0.15) is 5.75 Å². The Kier molecular flexibility index (Phi) is 6.65. The molecule has 0 aromatic heterocycles. The van der Waals surface area contributed by atoms with Crippen molar-refractivity contribution in [2.75, 3.05) is 11.9 Å². The van der Waals surface area contributed by atoms with Crippen LogP contribution in [0.2, 0.25) is 0 Å². The van der Waals surface area contributed by atoms with Gasteiger partial charge in [-0.25, -0.2) is 5.43 Å². The smallest absolute Gasteiger partial charge is 0.416 e. The molecule has 2 aromatic carbocycles. The van der Waals surface area contributed by atoms with Crippen molar-refractivity contribution in [2.24, 2.45) is 5.10 Å². The zero-order valence-corrected chi connectivity index (χ0v) is 16.1. The van der Waals surface area contributed by atoms with Crippen molar-refractivity contribution in [3.05, 3.63) is 56.5 Å². The van der Waals surface area contributed by atoms with E-state index in [1.165, 1.54) is 18.3 Å². The van der Waals surface area contributed by atoms with E-state index >= 15 is 0 Å². The van der Waals surface area contributed by atoms with Crippen molar-refractivity contribution in [3.8, 4) is 5.75 Å². The Morgan fingerprint density at radius 2 is 1.96 bits per heavy atom. The van der Waals surface area contributed by atoms with Crippen LogP contribution in [0.15, 0.2) is 50.4 Å². The van der Waals surface area contributed by atoms with E-state index in [0.717, 1.165) is 12.1 Å². The number of nitrogens with zero attached hydrogens (tertiary/aromatic N) is 1. The second-order valence-corrected chi connectivity index (χ2v) is 6.82. The Morgan fingerprint density at radius 3 is 2.65 bits per heavy atom. The molecular weight excluding hydrogens is 483 g/mol. The molecule has 0 aliphatic rings. The third-order valence-electron chi connectivity index (χ3n) is 3.09. The number of nitrogens with one attached hydrogen (secondary N) is 2. The van der Waals surface area contributed by atoms with Crippen LogP contribution in [0.4, 0.5) is 18.9 Å². The molecule has 0 saturated carbocycles. The molecule has 0 bridgehead atoms. The van der Waals surface area contributed by atoms with E-state index in [1.54, 1.807) is 12.1 Å². The lowest BCUT2D eigenvalue weighted by molar-refractivity contribution is -0.137. The SMILES string of the molecule is O=C(CNc1cccc(C(F)(F)F)c1)NN=Cc1cc(Br)cc(Br)c1O. The highest BCUT2D eigenvalue weighted by atomic mass is 79.9. The number of amides is 1. The summed E-state index contributed by atoms with van der Waals surface area (Å²) in [5.74, 6) is -0.611. The number of alkyl halides is 3. The number of benzene rings is 2. The first-order valence-corrected chi connectivity index (χ1v) is 8.66. The highest BCUT2D eigenvalue weighted by Gasteiger charge is 2.30. The van der Waals surface area contributed by atoms with Gasteiger partial charge in [0, 0.05) is 15.7 Å². The van der Waals surface area contributed by atoms with Crippen LogP contribution in [-0.4, -0.2) is 23.8 Å². The number of rotatable bonds is 5. The molecule has 0 aliphatic heterocycles. The fraction of sp³-hybridized carbons (Fsp3) is 0.125.